The van der Waals surface area contributed by atoms with E-state index in [-0.39, 0.29) is 24.0 Å². The summed E-state index contributed by atoms with van der Waals surface area (Å²) >= 11 is 0. The van der Waals surface area contributed by atoms with Crippen LogP contribution in [0, 0.1) is 0 Å². The SMILES string of the molecule is O=S(=O)(c1ccc(C(F)(F)F)cc1)N1CC(n2cc(-c3ccccc3)nn2)C1. The van der Waals surface area contributed by atoms with E-state index in [1.807, 2.05) is 30.3 Å². The molecule has 2 aromatic carbocycles. The van der Waals surface area contributed by atoms with Crippen molar-refractivity contribution in [3.8, 4) is 11.3 Å². The molecule has 0 radical (unpaired) electrons. The van der Waals surface area contributed by atoms with Gasteiger partial charge in [-0.2, -0.15) is 17.5 Å². The molecule has 1 aromatic heterocycles. The number of hydrogen-bond acceptors (Lipinski definition) is 4. The Bertz CT molecular complexity index is 1070. The van der Waals surface area contributed by atoms with Gasteiger partial charge in [0.15, 0.2) is 0 Å². The molecule has 0 N–H and O–H groups in total. The average Bonchev–Trinajstić information content (AvgIpc) is 3.10. The molecule has 1 aliphatic heterocycles. The fourth-order valence-electron chi connectivity index (χ4n) is 2.94. The van der Waals surface area contributed by atoms with E-state index in [1.54, 1.807) is 10.9 Å². The lowest BCUT2D eigenvalue weighted by Crippen LogP contribution is -2.50. The van der Waals surface area contributed by atoms with Crippen LogP contribution in [0.2, 0.25) is 0 Å². The van der Waals surface area contributed by atoms with Gasteiger partial charge in [0.2, 0.25) is 10.0 Å². The molecule has 146 valence electrons. The van der Waals surface area contributed by atoms with Crippen LogP contribution in [0.5, 0.6) is 0 Å². The van der Waals surface area contributed by atoms with Gasteiger partial charge in [-0.15, -0.1) is 5.10 Å². The Labute approximate surface area is 159 Å². The molecule has 0 unspecified atom stereocenters. The van der Waals surface area contributed by atoms with Gasteiger partial charge in [0.05, 0.1) is 22.7 Å². The lowest BCUT2D eigenvalue weighted by atomic mass is 10.1. The fraction of sp³-hybridized carbons (Fsp3) is 0.222. The van der Waals surface area contributed by atoms with E-state index >= 15 is 0 Å². The minimum atomic E-state index is -4.51. The summed E-state index contributed by atoms with van der Waals surface area (Å²) in [5, 5.41) is 8.17. The molecule has 10 heteroatoms. The van der Waals surface area contributed by atoms with Crippen molar-refractivity contribution >= 4 is 10.0 Å². The number of halogens is 3. The van der Waals surface area contributed by atoms with E-state index in [9.17, 15) is 21.6 Å². The van der Waals surface area contributed by atoms with Crippen LogP contribution in [-0.2, 0) is 16.2 Å². The van der Waals surface area contributed by atoms with Crippen molar-refractivity contribution in [1.82, 2.24) is 19.3 Å². The van der Waals surface area contributed by atoms with Crippen LogP contribution in [0.15, 0.2) is 65.7 Å². The molecular formula is C18H15F3N4O2S. The molecule has 2 heterocycles. The predicted molar refractivity (Wildman–Crippen MR) is 94.7 cm³/mol. The highest BCUT2D eigenvalue weighted by Gasteiger charge is 2.39. The van der Waals surface area contributed by atoms with Gasteiger partial charge in [-0.3, -0.25) is 0 Å². The van der Waals surface area contributed by atoms with Gasteiger partial charge >= 0.3 is 6.18 Å². The monoisotopic (exact) mass is 408 g/mol. The van der Waals surface area contributed by atoms with Crippen molar-refractivity contribution < 1.29 is 21.6 Å². The molecule has 0 amide bonds. The van der Waals surface area contributed by atoms with E-state index in [2.05, 4.69) is 10.3 Å². The Morgan fingerprint density at radius 2 is 1.61 bits per heavy atom. The summed E-state index contributed by atoms with van der Waals surface area (Å²) in [6.07, 6.45) is -2.75. The normalized spacial score (nSPS) is 16.1. The third-order valence-electron chi connectivity index (χ3n) is 4.60. The Morgan fingerprint density at radius 3 is 2.21 bits per heavy atom. The quantitative estimate of drug-likeness (QED) is 0.665. The van der Waals surface area contributed by atoms with Crippen LogP contribution in [0.4, 0.5) is 13.2 Å². The van der Waals surface area contributed by atoms with Crippen LogP contribution < -0.4 is 0 Å². The zero-order valence-corrected chi connectivity index (χ0v) is 15.2. The van der Waals surface area contributed by atoms with Gasteiger partial charge in [0.25, 0.3) is 0 Å². The zero-order valence-electron chi connectivity index (χ0n) is 14.4. The van der Waals surface area contributed by atoms with Gasteiger partial charge in [-0.05, 0) is 24.3 Å². The molecule has 0 aliphatic carbocycles. The van der Waals surface area contributed by atoms with Crippen molar-refractivity contribution in [2.24, 2.45) is 0 Å². The fourth-order valence-corrected chi connectivity index (χ4v) is 4.46. The standard InChI is InChI=1S/C18H15F3N4O2S/c19-18(20,21)14-6-8-16(9-7-14)28(26,27)24-10-15(11-24)25-12-17(22-23-25)13-4-2-1-3-5-13/h1-9,12,15H,10-11H2. The maximum Gasteiger partial charge on any atom is 0.416 e. The number of hydrogen-bond donors (Lipinski definition) is 0. The summed E-state index contributed by atoms with van der Waals surface area (Å²) < 4.78 is 65.9. The van der Waals surface area contributed by atoms with Crippen LogP contribution in [0.25, 0.3) is 11.3 Å². The van der Waals surface area contributed by atoms with Crippen LogP contribution >= 0.6 is 0 Å². The largest absolute Gasteiger partial charge is 0.416 e. The average molecular weight is 408 g/mol. The molecule has 4 rings (SSSR count). The molecule has 0 saturated carbocycles. The third kappa shape index (κ3) is 3.40. The summed E-state index contributed by atoms with van der Waals surface area (Å²) in [6, 6.07) is 12.8. The van der Waals surface area contributed by atoms with Crippen molar-refractivity contribution in [3.63, 3.8) is 0 Å². The highest BCUT2D eigenvalue weighted by Crippen LogP contribution is 2.32. The second-order valence-corrected chi connectivity index (χ2v) is 8.39. The molecule has 0 atom stereocenters. The number of rotatable bonds is 4. The minimum absolute atomic E-state index is 0.164. The molecule has 1 saturated heterocycles. The number of alkyl halides is 3. The molecule has 1 fully saturated rings. The van der Waals surface area contributed by atoms with Crippen LogP contribution in [0.1, 0.15) is 11.6 Å². The first kappa shape index (κ1) is 18.6. The van der Waals surface area contributed by atoms with E-state index in [1.165, 1.54) is 4.31 Å². The Hall–Kier alpha value is -2.72. The van der Waals surface area contributed by atoms with Crippen LogP contribution in [0.3, 0.4) is 0 Å². The molecule has 0 spiro atoms. The summed E-state index contributed by atoms with van der Waals surface area (Å²) in [5.74, 6) is 0. The lowest BCUT2D eigenvalue weighted by molar-refractivity contribution is -0.137. The molecular weight excluding hydrogens is 393 g/mol. The number of benzene rings is 2. The maximum atomic E-state index is 12.6. The highest BCUT2D eigenvalue weighted by molar-refractivity contribution is 7.89. The first-order valence-corrected chi connectivity index (χ1v) is 9.84. The second kappa shape index (κ2) is 6.71. The Balaban J connectivity index is 1.45. The molecule has 1 aliphatic rings. The first-order valence-electron chi connectivity index (χ1n) is 8.40. The molecule has 6 nitrogen and oxygen atoms in total. The number of sulfonamides is 1. The van der Waals surface area contributed by atoms with E-state index < -0.39 is 21.8 Å². The van der Waals surface area contributed by atoms with Gasteiger partial charge in [-0.1, -0.05) is 35.5 Å². The topological polar surface area (TPSA) is 68.1 Å². The number of nitrogens with zero attached hydrogens (tertiary/aromatic N) is 4. The van der Waals surface area contributed by atoms with E-state index in [4.69, 9.17) is 0 Å². The van der Waals surface area contributed by atoms with Crippen LogP contribution in [-0.4, -0.2) is 40.8 Å². The van der Waals surface area contributed by atoms with Crippen molar-refractivity contribution in [3.05, 3.63) is 66.4 Å². The van der Waals surface area contributed by atoms with Gasteiger partial charge in [-0.25, -0.2) is 13.1 Å². The minimum Gasteiger partial charge on any atom is -0.246 e. The predicted octanol–water partition coefficient (Wildman–Crippen LogP) is 3.21. The van der Waals surface area contributed by atoms with Gasteiger partial charge in [0, 0.05) is 18.7 Å². The smallest absolute Gasteiger partial charge is 0.246 e. The van der Waals surface area contributed by atoms with Crippen molar-refractivity contribution in [2.45, 2.75) is 17.1 Å². The first-order chi connectivity index (χ1) is 13.2. The molecule has 3 aromatic rings. The van der Waals surface area contributed by atoms with Gasteiger partial charge in [0.1, 0.15) is 5.69 Å². The summed E-state index contributed by atoms with van der Waals surface area (Å²) in [6.45, 7) is 0.363. The maximum absolute atomic E-state index is 12.6. The lowest BCUT2D eigenvalue weighted by Gasteiger charge is -2.37. The zero-order chi connectivity index (χ0) is 19.9. The summed E-state index contributed by atoms with van der Waals surface area (Å²) in [5.41, 5.74) is 0.705. The number of aromatic nitrogens is 3. The van der Waals surface area contributed by atoms with Crippen molar-refractivity contribution in [2.75, 3.05) is 13.1 Å². The third-order valence-corrected chi connectivity index (χ3v) is 6.45. The summed E-state index contributed by atoms with van der Waals surface area (Å²) in [7, 11) is -3.85. The van der Waals surface area contributed by atoms with E-state index in [0.29, 0.717) is 5.69 Å². The highest BCUT2D eigenvalue weighted by atomic mass is 32.2. The molecule has 0 bridgehead atoms. The van der Waals surface area contributed by atoms with Gasteiger partial charge < -0.3 is 0 Å². The Kier molecular flexibility index (Phi) is 4.47. The Morgan fingerprint density at radius 1 is 0.964 bits per heavy atom. The molecule has 28 heavy (non-hydrogen) atoms. The second-order valence-electron chi connectivity index (χ2n) is 6.45. The van der Waals surface area contributed by atoms with E-state index in [0.717, 1.165) is 29.8 Å². The summed E-state index contributed by atoms with van der Waals surface area (Å²) in [4.78, 5) is -0.164. The van der Waals surface area contributed by atoms with Crippen molar-refractivity contribution in [1.29, 1.82) is 0 Å².